The largest absolute Gasteiger partial charge is 0.490 e. The highest BCUT2D eigenvalue weighted by Crippen LogP contribution is 2.39. The van der Waals surface area contributed by atoms with Crippen molar-refractivity contribution in [3.8, 4) is 17.2 Å². The SMILES string of the molecule is CCCCCCCCCCOc1c(OCCCCCCCCCC)c2c(OC(C)C)cccc2oc1=O. The molecule has 0 spiro atoms. The third-order valence-electron chi connectivity index (χ3n) is 6.66. The Morgan fingerprint density at radius 1 is 0.676 bits per heavy atom. The van der Waals surface area contributed by atoms with Crippen molar-refractivity contribution in [2.45, 2.75) is 137 Å². The van der Waals surface area contributed by atoms with Crippen molar-refractivity contribution in [2.75, 3.05) is 13.2 Å². The molecule has 0 saturated heterocycles. The Kier molecular flexibility index (Phi) is 15.9. The van der Waals surface area contributed by atoms with Crippen LogP contribution in [0.5, 0.6) is 17.2 Å². The lowest BCUT2D eigenvalue weighted by Crippen LogP contribution is -2.13. The minimum Gasteiger partial charge on any atom is -0.490 e. The zero-order chi connectivity index (χ0) is 26.7. The Hall–Kier alpha value is -2.17. The predicted octanol–water partition coefficient (Wildman–Crippen LogP) is 9.62. The maximum Gasteiger partial charge on any atom is 0.383 e. The Morgan fingerprint density at radius 2 is 1.16 bits per heavy atom. The molecule has 5 heteroatoms. The van der Waals surface area contributed by atoms with E-state index in [4.69, 9.17) is 18.6 Å². The maximum absolute atomic E-state index is 12.9. The van der Waals surface area contributed by atoms with Gasteiger partial charge in [0.1, 0.15) is 16.7 Å². The van der Waals surface area contributed by atoms with E-state index < -0.39 is 5.63 Å². The first-order chi connectivity index (χ1) is 18.1. The Morgan fingerprint density at radius 3 is 1.68 bits per heavy atom. The summed E-state index contributed by atoms with van der Waals surface area (Å²) in [5, 5.41) is 0.682. The van der Waals surface area contributed by atoms with E-state index in [2.05, 4.69) is 13.8 Å². The van der Waals surface area contributed by atoms with Crippen LogP contribution in [0.25, 0.3) is 11.0 Å². The first kappa shape index (κ1) is 31.1. The van der Waals surface area contributed by atoms with Crippen LogP contribution in [-0.2, 0) is 0 Å². The standard InChI is InChI=1S/C32H52O5/c1-5-7-9-11-13-15-17-19-24-34-30-29-27(36-26(3)4)22-21-23-28(29)37-32(33)31(30)35-25-20-18-16-14-12-10-8-6-2/h21-23,26H,5-20,24-25H2,1-4H3. The summed E-state index contributed by atoms with van der Waals surface area (Å²) in [5.41, 5.74) is -0.0202. The van der Waals surface area contributed by atoms with Gasteiger partial charge in [0.15, 0.2) is 5.75 Å². The molecular formula is C32H52O5. The summed E-state index contributed by atoms with van der Waals surface area (Å²) in [6.45, 7) is 9.48. The highest BCUT2D eigenvalue weighted by atomic mass is 16.5. The van der Waals surface area contributed by atoms with Crippen LogP contribution >= 0.6 is 0 Å². The van der Waals surface area contributed by atoms with Gasteiger partial charge >= 0.3 is 5.63 Å². The number of ether oxygens (including phenoxy) is 3. The van der Waals surface area contributed by atoms with E-state index in [9.17, 15) is 4.79 Å². The molecule has 0 aliphatic rings. The molecule has 0 aliphatic heterocycles. The average Bonchev–Trinajstić information content (AvgIpc) is 2.87. The molecule has 1 aromatic carbocycles. The average molecular weight is 517 g/mol. The van der Waals surface area contributed by atoms with Gasteiger partial charge in [-0.3, -0.25) is 0 Å². The van der Waals surface area contributed by atoms with Crippen LogP contribution in [0.2, 0.25) is 0 Å². The first-order valence-electron chi connectivity index (χ1n) is 15.1. The second kappa shape index (κ2) is 19.0. The summed E-state index contributed by atoms with van der Waals surface area (Å²) >= 11 is 0. The molecule has 210 valence electrons. The summed E-state index contributed by atoms with van der Waals surface area (Å²) in [7, 11) is 0. The minimum absolute atomic E-state index is 0.0141. The van der Waals surface area contributed by atoms with Crippen molar-refractivity contribution in [1.29, 1.82) is 0 Å². The van der Waals surface area contributed by atoms with E-state index in [1.807, 2.05) is 26.0 Å². The van der Waals surface area contributed by atoms with E-state index in [0.29, 0.717) is 35.7 Å². The molecule has 0 aliphatic carbocycles. The van der Waals surface area contributed by atoms with Crippen LogP contribution < -0.4 is 19.8 Å². The van der Waals surface area contributed by atoms with Crippen molar-refractivity contribution in [2.24, 2.45) is 0 Å². The zero-order valence-electron chi connectivity index (χ0n) is 24.1. The van der Waals surface area contributed by atoms with Crippen LogP contribution in [0.4, 0.5) is 0 Å². The lowest BCUT2D eigenvalue weighted by Gasteiger charge is -2.17. The van der Waals surface area contributed by atoms with Crippen LogP contribution in [-0.4, -0.2) is 19.3 Å². The number of fused-ring (bicyclic) bond motifs is 1. The van der Waals surface area contributed by atoms with Gasteiger partial charge in [-0.25, -0.2) is 4.79 Å². The van der Waals surface area contributed by atoms with E-state index >= 15 is 0 Å². The lowest BCUT2D eigenvalue weighted by molar-refractivity contribution is 0.237. The van der Waals surface area contributed by atoms with Crippen LogP contribution in [0, 0.1) is 0 Å². The van der Waals surface area contributed by atoms with Gasteiger partial charge in [-0.2, -0.15) is 0 Å². The molecule has 0 unspecified atom stereocenters. The minimum atomic E-state index is -0.486. The Bertz CT molecular complexity index is 917. The number of hydrogen-bond donors (Lipinski definition) is 0. The van der Waals surface area contributed by atoms with Crippen molar-refractivity contribution < 1.29 is 18.6 Å². The summed E-state index contributed by atoms with van der Waals surface area (Å²) in [6.07, 6.45) is 19.5. The third kappa shape index (κ3) is 11.8. The third-order valence-corrected chi connectivity index (χ3v) is 6.66. The van der Waals surface area contributed by atoms with Gasteiger partial charge in [0.05, 0.1) is 19.3 Å². The number of hydrogen-bond acceptors (Lipinski definition) is 5. The molecule has 1 heterocycles. The molecule has 0 amide bonds. The van der Waals surface area contributed by atoms with Gasteiger partial charge in [0, 0.05) is 0 Å². The molecule has 0 N–H and O–H groups in total. The van der Waals surface area contributed by atoms with E-state index in [1.165, 1.54) is 77.0 Å². The monoisotopic (exact) mass is 516 g/mol. The Balaban J connectivity index is 2.03. The highest BCUT2D eigenvalue weighted by molar-refractivity contribution is 5.91. The molecule has 2 aromatic rings. The molecule has 0 radical (unpaired) electrons. The van der Waals surface area contributed by atoms with Gasteiger partial charge in [-0.1, -0.05) is 110 Å². The molecule has 5 nitrogen and oxygen atoms in total. The fourth-order valence-corrected chi connectivity index (χ4v) is 4.61. The number of rotatable bonds is 22. The Labute approximate surface area is 225 Å². The first-order valence-corrected chi connectivity index (χ1v) is 15.1. The fourth-order valence-electron chi connectivity index (χ4n) is 4.61. The van der Waals surface area contributed by atoms with Crippen LogP contribution in [0.3, 0.4) is 0 Å². The van der Waals surface area contributed by atoms with Crippen LogP contribution in [0.15, 0.2) is 27.4 Å². The molecule has 0 bridgehead atoms. The second-order valence-corrected chi connectivity index (χ2v) is 10.5. The van der Waals surface area contributed by atoms with Crippen molar-refractivity contribution >= 4 is 11.0 Å². The van der Waals surface area contributed by atoms with Gasteiger partial charge in [-0.05, 0) is 38.8 Å². The molecule has 0 atom stereocenters. The van der Waals surface area contributed by atoms with E-state index in [1.54, 1.807) is 6.07 Å². The predicted molar refractivity (Wildman–Crippen MR) is 154 cm³/mol. The normalized spacial score (nSPS) is 11.4. The summed E-state index contributed by atoms with van der Waals surface area (Å²) in [4.78, 5) is 12.9. The zero-order valence-corrected chi connectivity index (χ0v) is 24.1. The second-order valence-electron chi connectivity index (χ2n) is 10.5. The molecule has 37 heavy (non-hydrogen) atoms. The highest BCUT2D eigenvalue weighted by Gasteiger charge is 2.21. The smallest absolute Gasteiger partial charge is 0.383 e. The van der Waals surface area contributed by atoms with E-state index in [0.717, 1.165) is 25.7 Å². The van der Waals surface area contributed by atoms with Crippen LogP contribution in [0.1, 0.15) is 130 Å². The molecule has 1 aromatic heterocycles. The molecule has 2 rings (SSSR count). The molecule has 0 saturated carbocycles. The molecular weight excluding hydrogens is 464 g/mol. The maximum atomic E-state index is 12.9. The topological polar surface area (TPSA) is 57.9 Å². The summed E-state index contributed by atoms with van der Waals surface area (Å²) in [6, 6.07) is 5.52. The summed E-state index contributed by atoms with van der Waals surface area (Å²) in [5.74, 6) is 1.29. The van der Waals surface area contributed by atoms with Gasteiger partial charge in [0.2, 0.25) is 5.75 Å². The van der Waals surface area contributed by atoms with Crippen molar-refractivity contribution in [3.05, 3.63) is 28.6 Å². The van der Waals surface area contributed by atoms with Crippen molar-refractivity contribution in [1.82, 2.24) is 0 Å². The van der Waals surface area contributed by atoms with Gasteiger partial charge in [0.25, 0.3) is 0 Å². The quantitative estimate of drug-likeness (QED) is 0.115. The summed E-state index contributed by atoms with van der Waals surface area (Å²) < 4.78 is 24.0. The van der Waals surface area contributed by atoms with Crippen molar-refractivity contribution in [3.63, 3.8) is 0 Å². The fraction of sp³-hybridized carbons (Fsp3) is 0.719. The number of unbranched alkanes of at least 4 members (excludes halogenated alkanes) is 14. The molecule has 0 fully saturated rings. The van der Waals surface area contributed by atoms with Gasteiger partial charge in [-0.15, -0.1) is 0 Å². The number of benzene rings is 1. The lowest BCUT2D eigenvalue weighted by atomic mass is 10.1. The van der Waals surface area contributed by atoms with Gasteiger partial charge < -0.3 is 18.6 Å². The van der Waals surface area contributed by atoms with E-state index in [-0.39, 0.29) is 11.9 Å².